The molecule has 1 aliphatic rings. The number of nitrogens with one attached hydrogen (secondary N) is 2. The van der Waals surface area contributed by atoms with Crippen LogP contribution < -0.4 is 16.8 Å². The number of benzene rings is 1. The van der Waals surface area contributed by atoms with Gasteiger partial charge in [-0.3, -0.25) is 4.79 Å². The summed E-state index contributed by atoms with van der Waals surface area (Å²) in [5, 5.41) is 4.54. The minimum Gasteiger partial charge on any atom is -0.399 e. The van der Waals surface area contributed by atoms with Crippen molar-refractivity contribution >= 4 is 42.2 Å². The van der Waals surface area contributed by atoms with E-state index in [1.165, 1.54) is 6.21 Å². The highest BCUT2D eigenvalue weighted by molar-refractivity contribution is 6.37. The number of amides is 1. The Hall–Kier alpha value is -2.24. The van der Waals surface area contributed by atoms with E-state index in [4.69, 9.17) is 13.6 Å². The minimum atomic E-state index is -0.286. The Bertz CT molecular complexity index is 644. The number of hydrogen-bond donors (Lipinski definition) is 3. The van der Waals surface area contributed by atoms with Crippen LogP contribution in [0.25, 0.3) is 10.9 Å². The second-order valence-corrected chi connectivity index (χ2v) is 3.64. The number of aromatic amines is 1. The zero-order valence-electron chi connectivity index (χ0n) is 8.24. The molecule has 2 aromatic rings. The van der Waals surface area contributed by atoms with Crippen molar-refractivity contribution in [2.75, 3.05) is 5.73 Å². The van der Waals surface area contributed by atoms with Crippen LogP contribution in [0.15, 0.2) is 17.2 Å². The molecule has 0 saturated carbocycles. The molecule has 3 rings (SSSR count). The first-order valence-corrected chi connectivity index (χ1v) is 4.71. The summed E-state index contributed by atoms with van der Waals surface area (Å²) in [6.45, 7) is 0. The molecule has 2 heterocycles. The molecule has 1 aromatic carbocycles. The lowest BCUT2D eigenvalue weighted by atomic mass is 9.96. The van der Waals surface area contributed by atoms with Gasteiger partial charge in [-0.15, -0.1) is 0 Å². The van der Waals surface area contributed by atoms with Crippen LogP contribution in [-0.4, -0.2) is 25.0 Å². The number of carbonyl (C=O) groups is 1. The highest BCUT2D eigenvalue weighted by Crippen LogP contribution is 2.24. The predicted molar refractivity (Wildman–Crippen MR) is 63.2 cm³/mol. The quantitative estimate of drug-likeness (QED) is 0.409. The molecule has 0 aliphatic carbocycles. The van der Waals surface area contributed by atoms with E-state index in [-0.39, 0.29) is 5.91 Å². The summed E-state index contributed by atoms with van der Waals surface area (Å²) in [5.41, 5.74) is 11.0. The number of nitrogens with two attached hydrogens (primary N) is 1. The molecular weight excluding hydrogens is 203 g/mol. The lowest BCUT2D eigenvalue weighted by Gasteiger charge is -2.02. The molecule has 16 heavy (non-hydrogen) atoms. The molecule has 1 amide bonds. The van der Waals surface area contributed by atoms with Crippen molar-refractivity contribution in [1.82, 2.24) is 10.4 Å². The first kappa shape index (κ1) is 9.02. The van der Waals surface area contributed by atoms with Crippen LogP contribution >= 0.6 is 0 Å². The fraction of sp³-hybridized carbons (Fsp3) is 0. The molecule has 76 valence electrons. The highest BCUT2D eigenvalue weighted by Gasteiger charge is 2.18. The fourth-order valence-electron chi connectivity index (χ4n) is 1.93. The Balaban J connectivity index is 2.54. The number of H-pyrrole nitrogens is 1. The summed E-state index contributed by atoms with van der Waals surface area (Å²) >= 11 is 0. The van der Waals surface area contributed by atoms with Crippen molar-refractivity contribution in [3.05, 3.63) is 23.3 Å². The van der Waals surface area contributed by atoms with Crippen LogP contribution in [0, 0.1) is 0 Å². The molecular formula is C10H7BN4O. The number of aromatic nitrogens is 1. The molecule has 5 nitrogen and oxygen atoms in total. The lowest BCUT2D eigenvalue weighted by molar-refractivity contribution is 0.0957. The van der Waals surface area contributed by atoms with Gasteiger partial charge in [-0.25, -0.2) is 5.43 Å². The average molecular weight is 210 g/mol. The monoisotopic (exact) mass is 210 g/mol. The molecule has 0 atom stereocenters. The summed E-state index contributed by atoms with van der Waals surface area (Å²) in [5.74, 6) is -0.286. The first-order chi connectivity index (χ1) is 7.66. The van der Waals surface area contributed by atoms with Crippen molar-refractivity contribution < 1.29 is 4.79 Å². The van der Waals surface area contributed by atoms with Crippen LogP contribution in [-0.2, 0) is 0 Å². The molecule has 6 heteroatoms. The fourth-order valence-corrected chi connectivity index (χ4v) is 1.93. The maximum Gasteiger partial charge on any atom is 0.272 e. The standard InChI is InChI=1S/C10H7BN4O/c11-9-6-3-13-15-10(16)5-1-4(12)2-7(14-9)8(5)6/h1-3,14H,12H2,(H,15,16). The van der Waals surface area contributed by atoms with E-state index < -0.39 is 0 Å². The normalized spacial score (nSPS) is 13.9. The van der Waals surface area contributed by atoms with Crippen LogP contribution in [0.4, 0.5) is 5.69 Å². The van der Waals surface area contributed by atoms with E-state index >= 15 is 0 Å². The van der Waals surface area contributed by atoms with E-state index in [0.29, 0.717) is 22.4 Å². The average Bonchev–Trinajstić information content (AvgIpc) is 2.42. The second-order valence-electron chi connectivity index (χ2n) is 3.64. The van der Waals surface area contributed by atoms with Gasteiger partial charge in [0.15, 0.2) is 0 Å². The Kier molecular flexibility index (Phi) is 1.62. The minimum absolute atomic E-state index is 0.286. The number of rotatable bonds is 0. The van der Waals surface area contributed by atoms with Crippen LogP contribution in [0.1, 0.15) is 15.9 Å². The molecule has 4 N–H and O–H groups in total. The van der Waals surface area contributed by atoms with Crippen molar-refractivity contribution in [1.29, 1.82) is 0 Å². The summed E-state index contributed by atoms with van der Waals surface area (Å²) < 4.78 is 0. The van der Waals surface area contributed by atoms with Gasteiger partial charge in [-0.05, 0) is 17.7 Å². The molecule has 1 aromatic heterocycles. The van der Waals surface area contributed by atoms with Gasteiger partial charge in [0.2, 0.25) is 0 Å². The van der Waals surface area contributed by atoms with E-state index in [2.05, 4.69) is 15.5 Å². The van der Waals surface area contributed by atoms with Gasteiger partial charge in [-0.1, -0.05) is 0 Å². The Labute approximate surface area is 92.1 Å². The maximum atomic E-state index is 11.7. The molecule has 0 saturated heterocycles. The Morgan fingerprint density at radius 3 is 3.00 bits per heavy atom. The summed E-state index contributed by atoms with van der Waals surface area (Å²) in [6.07, 6.45) is 1.53. The number of hydrogen-bond acceptors (Lipinski definition) is 3. The van der Waals surface area contributed by atoms with E-state index in [0.717, 1.165) is 10.9 Å². The zero-order chi connectivity index (χ0) is 11.3. The van der Waals surface area contributed by atoms with Crippen LogP contribution in [0.3, 0.4) is 0 Å². The van der Waals surface area contributed by atoms with Crippen LogP contribution in [0.5, 0.6) is 0 Å². The van der Waals surface area contributed by atoms with E-state index in [9.17, 15) is 4.79 Å². The van der Waals surface area contributed by atoms with E-state index in [1.54, 1.807) is 12.1 Å². The third kappa shape index (κ3) is 1.07. The smallest absolute Gasteiger partial charge is 0.272 e. The molecule has 0 fully saturated rings. The van der Waals surface area contributed by atoms with Gasteiger partial charge >= 0.3 is 0 Å². The number of anilines is 1. The first-order valence-electron chi connectivity index (χ1n) is 4.71. The van der Waals surface area contributed by atoms with E-state index in [1.807, 2.05) is 0 Å². The topological polar surface area (TPSA) is 83.3 Å². The highest BCUT2D eigenvalue weighted by atomic mass is 16.2. The van der Waals surface area contributed by atoms with Crippen LogP contribution in [0.2, 0.25) is 0 Å². The third-order valence-electron chi connectivity index (χ3n) is 2.59. The maximum absolute atomic E-state index is 11.7. The SMILES string of the molecule is [B]c1[nH]c2cc(N)cc3c2c1C=NNC3=O. The number of hydrazone groups is 1. The van der Waals surface area contributed by atoms with Gasteiger partial charge in [-0.2, -0.15) is 5.10 Å². The van der Waals surface area contributed by atoms with Crippen molar-refractivity contribution in [2.45, 2.75) is 0 Å². The predicted octanol–water partition coefficient (Wildman–Crippen LogP) is -0.379. The summed E-state index contributed by atoms with van der Waals surface area (Å²) in [7, 11) is 5.80. The Morgan fingerprint density at radius 2 is 2.19 bits per heavy atom. The number of nitrogens with zero attached hydrogens (tertiary/aromatic N) is 1. The zero-order valence-corrected chi connectivity index (χ0v) is 8.24. The Morgan fingerprint density at radius 1 is 1.38 bits per heavy atom. The van der Waals surface area contributed by atoms with Gasteiger partial charge < -0.3 is 10.7 Å². The van der Waals surface area contributed by atoms with Gasteiger partial charge in [0, 0.05) is 22.2 Å². The summed E-state index contributed by atoms with van der Waals surface area (Å²) in [6, 6.07) is 3.36. The van der Waals surface area contributed by atoms with Gasteiger partial charge in [0.25, 0.3) is 5.91 Å². The van der Waals surface area contributed by atoms with Crippen molar-refractivity contribution in [3.8, 4) is 0 Å². The number of carbonyl (C=O) groups excluding carboxylic acids is 1. The van der Waals surface area contributed by atoms with Crippen molar-refractivity contribution in [3.63, 3.8) is 0 Å². The van der Waals surface area contributed by atoms with Crippen molar-refractivity contribution in [2.24, 2.45) is 5.10 Å². The molecule has 1 aliphatic heterocycles. The molecule has 0 spiro atoms. The largest absolute Gasteiger partial charge is 0.399 e. The molecule has 0 bridgehead atoms. The molecule has 2 radical (unpaired) electrons. The number of nitrogen functional groups attached to an aromatic ring is 1. The summed E-state index contributed by atoms with van der Waals surface area (Å²) in [4.78, 5) is 14.7. The second kappa shape index (κ2) is 2.88. The lowest BCUT2D eigenvalue weighted by Crippen LogP contribution is -2.16. The van der Waals surface area contributed by atoms with Gasteiger partial charge in [0.1, 0.15) is 7.85 Å². The third-order valence-corrected chi connectivity index (χ3v) is 2.59. The van der Waals surface area contributed by atoms with Gasteiger partial charge in [0.05, 0.1) is 11.8 Å². The molecule has 0 unspecified atom stereocenters.